The Morgan fingerprint density at radius 1 is 1.00 bits per heavy atom. The van der Waals surface area contributed by atoms with Gasteiger partial charge in [0.05, 0.1) is 21.3 Å². The van der Waals surface area contributed by atoms with Crippen LogP contribution in [0, 0.1) is 6.92 Å². The summed E-state index contributed by atoms with van der Waals surface area (Å²) in [6.07, 6.45) is 3.40. The molecule has 6 heteroatoms. The van der Waals surface area contributed by atoms with E-state index >= 15 is 0 Å². The lowest BCUT2D eigenvalue weighted by Gasteiger charge is -2.09. The minimum Gasteiger partial charge on any atom is -0.459 e. The van der Waals surface area contributed by atoms with Crippen LogP contribution in [0.1, 0.15) is 27.4 Å². The predicted octanol–water partition coefficient (Wildman–Crippen LogP) is 6.48. The zero-order valence-corrected chi connectivity index (χ0v) is 17.2. The molecular weight excluding hydrogens is 407 g/mol. The molecule has 1 amide bonds. The Morgan fingerprint density at radius 2 is 1.76 bits per heavy atom. The monoisotopic (exact) mass is 424 g/mol. The number of rotatable bonds is 5. The molecule has 0 fully saturated rings. The van der Waals surface area contributed by atoms with Crippen molar-refractivity contribution in [3.05, 3.63) is 93.4 Å². The Kier molecular flexibility index (Phi) is 5.56. The number of pyridine rings is 1. The molecule has 0 unspecified atom stereocenters. The molecule has 0 aliphatic carbocycles. The van der Waals surface area contributed by atoms with Gasteiger partial charge in [-0.3, -0.25) is 9.78 Å². The fourth-order valence-electron chi connectivity index (χ4n) is 3.40. The van der Waals surface area contributed by atoms with E-state index in [-0.39, 0.29) is 11.5 Å². The number of nitrogens with one attached hydrogen (secondary N) is 1. The van der Waals surface area contributed by atoms with Crippen LogP contribution < -0.4 is 5.32 Å². The van der Waals surface area contributed by atoms with Gasteiger partial charge in [-0.05, 0) is 50.1 Å². The molecule has 0 saturated carbocycles. The highest BCUT2D eigenvalue weighted by Gasteiger charge is 2.19. The fraction of sp³-hybridized carbons (Fsp3) is 0.130. The number of carbonyl (C=O) groups is 1. The number of anilines is 1. The van der Waals surface area contributed by atoms with Gasteiger partial charge < -0.3 is 9.73 Å². The molecule has 0 saturated heterocycles. The summed E-state index contributed by atoms with van der Waals surface area (Å²) in [5.74, 6) is 0.450. The van der Waals surface area contributed by atoms with Crippen molar-refractivity contribution in [3.8, 4) is 0 Å². The zero-order chi connectivity index (χ0) is 20.4. The quantitative estimate of drug-likeness (QED) is 0.398. The molecule has 4 aromatic rings. The van der Waals surface area contributed by atoms with Gasteiger partial charge in [-0.2, -0.15) is 0 Å². The number of hydrogen-bond donors (Lipinski definition) is 1. The van der Waals surface area contributed by atoms with Gasteiger partial charge in [0.1, 0.15) is 5.76 Å². The van der Waals surface area contributed by atoms with Gasteiger partial charge in [0, 0.05) is 22.8 Å². The van der Waals surface area contributed by atoms with Crippen molar-refractivity contribution in [1.29, 1.82) is 0 Å². The number of aryl methyl sites for hydroxylation is 3. The van der Waals surface area contributed by atoms with E-state index in [0.29, 0.717) is 21.3 Å². The number of fused-ring (bicyclic) bond motifs is 1. The minimum atomic E-state index is -0.378. The number of aromatic nitrogens is 1. The van der Waals surface area contributed by atoms with E-state index in [1.165, 1.54) is 0 Å². The summed E-state index contributed by atoms with van der Waals surface area (Å²) in [5.41, 5.74) is 3.59. The van der Waals surface area contributed by atoms with Crippen LogP contribution in [0.2, 0.25) is 10.0 Å². The van der Waals surface area contributed by atoms with Crippen molar-refractivity contribution in [3.63, 3.8) is 0 Å². The summed E-state index contributed by atoms with van der Waals surface area (Å²) in [5, 5.41) is 4.46. The van der Waals surface area contributed by atoms with Gasteiger partial charge in [0.15, 0.2) is 5.58 Å². The molecule has 2 heterocycles. The third-order valence-electron chi connectivity index (χ3n) is 4.82. The van der Waals surface area contributed by atoms with Crippen LogP contribution in [-0.2, 0) is 12.8 Å². The zero-order valence-electron chi connectivity index (χ0n) is 15.7. The van der Waals surface area contributed by atoms with Gasteiger partial charge in [0.25, 0.3) is 5.91 Å². The molecule has 2 aromatic heterocycles. The van der Waals surface area contributed by atoms with E-state index in [1.54, 1.807) is 30.5 Å². The summed E-state index contributed by atoms with van der Waals surface area (Å²) in [6.45, 7) is 1.93. The normalized spacial score (nSPS) is 11.0. The van der Waals surface area contributed by atoms with Crippen molar-refractivity contribution in [2.45, 2.75) is 19.8 Å². The number of para-hydroxylation sites is 1. The first-order valence-electron chi connectivity index (χ1n) is 9.21. The van der Waals surface area contributed by atoms with E-state index < -0.39 is 0 Å². The number of carbonyl (C=O) groups excluding carboxylic acids is 1. The average Bonchev–Trinajstić information content (AvgIpc) is 3.03. The molecule has 4 rings (SSSR count). The number of furan rings is 1. The average molecular weight is 425 g/mol. The van der Waals surface area contributed by atoms with Gasteiger partial charge in [-0.25, -0.2) is 0 Å². The van der Waals surface area contributed by atoms with Gasteiger partial charge in [-0.1, -0.05) is 47.5 Å². The summed E-state index contributed by atoms with van der Waals surface area (Å²) >= 11 is 12.3. The highest BCUT2D eigenvalue weighted by Crippen LogP contribution is 2.33. The van der Waals surface area contributed by atoms with Crippen molar-refractivity contribution >= 4 is 45.8 Å². The second-order valence-electron chi connectivity index (χ2n) is 6.69. The second kappa shape index (κ2) is 8.27. The molecule has 0 aliphatic heterocycles. The van der Waals surface area contributed by atoms with Crippen LogP contribution in [0.25, 0.3) is 11.0 Å². The molecule has 1 N–H and O–H groups in total. The van der Waals surface area contributed by atoms with Crippen molar-refractivity contribution < 1.29 is 9.21 Å². The maximum atomic E-state index is 12.8. The minimum absolute atomic E-state index is 0.242. The number of amides is 1. The SMILES string of the molecule is Cc1oc2c(NC(=O)c3c(Cl)cccc3Cl)cccc2c1CCc1ccccn1. The third kappa shape index (κ3) is 4.00. The largest absolute Gasteiger partial charge is 0.459 e. The van der Waals surface area contributed by atoms with E-state index in [0.717, 1.165) is 35.2 Å². The Labute approximate surface area is 178 Å². The molecule has 0 spiro atoms. The third-order valence-corrected chi connectivity index (χ3v) is 5.45. The molecule has 0 atom stereocenters. The maximum Gasteiger partial charge on any atom is 0.258 e. The van der Waals surface area contributed by atoms with E-state index in [1.807, 2.05) is 37.3 Å². The first kappa shape index (κ1) is 19.5. The van der Waals surface area contributed by atoms with Crippen LogP contribution in [0.5, 0.6) is 0 Å². The summed E-state index contributed by atoms with van der Waals surface area (Å²) in [6, 6.07) is 16.6. The summed E-state index contributed by atoms with van der Waals surface area (Å²) < 4.78 is 6.01. The molecular formula is C23H18Cl2N2O2. The van der Waals surface area contributed by atoms with Gasteiger partial charge >= 0.3 is 0 Å². The van der Waals surface area contributed by atoms with E-state index in [9.17, 15) is 4.79 Å². The topological polar surface area (TPSA) is 55.1 Å². The first-order valence-corrected chi connectivity index (χ1v) is 9.96. The highest BCUT2D eigenvalue weighted by atomic mass is 35.5. The van der Waals surface area contributed by atoms with E-state index in [4.69, 9.17) is 27.6 Å². The number of halogens is 2. The van der Waals surface area contributed by atoms with Crippen molar-refractivity contribution in [1.82, 2.24) is 4.98 Å². The molecule has 4 nitrogen and oxygen atoms in total. The lowest BCUT2D eigenvalue weighted by atomic mass is 10.0. The number of hydrogen-bond acceptors (Lipinski definition) is 3. The first-order chi connectivity index (χ1) is 14.0. The molecule has 29 heavy (non-hydrogen) atoms. The molecule has 0 radical (unpaired) electrons. The summed E-state index contributed by atoms with van der Waals surface area (Å²) in [4.78, 5) is 17.2. The van der Waals surface area contributed by atoms with Crippen LogP contribution in [0.4, 0.5) is 5.69 Å². The predicted molar refractivity (Wildman–Crippen MR) is 117 cm³/mol. The molecule has 2 aromatic carbocycles. The fourth-order valence-corrected chi connectivity index (χ4v) is 3.97. The standard InChI is InChI=1S/C23H18Cl2N2O2/c1-14-16(12-11-15-6-2-3-13-26-15)17-7-4-10-20(22(17)29-14)27-23(28)21-18(24)8-5-9-19(21)25/h2-10,13H,11-12H2,1H3,(H,27,28). The Balaban J connectivity index is 1.64. The Morgan fingerprint density at radius 3 is 2.48 bits per heavy atom. The van der Waals surface area contributed by atoms with Crippen molar-refractivity contribution in [2.75, 3.05) is 5.32 Å². The highest BCUT2D eigenvalue weighted by molar-refractivity contribution is 6.40. The smallest absolute Gasteiger partial charge is 0.258 e. The number of nitrogens with zero attached hydrogens (tertiary/aromatic N) is 1. The molecule has 146 valence electrons. The lowest BCUT2D eigenvalue weighted by molar-refractivity contribution is 0.102. The van der Waals surface area contributed by atoms with Gasteiger partial charge in [0.2, 0.25) is 0 Å². The van der Waals surface area contributed by atoms with Crippen LogP contribution in [0.3, 0.4) is 0 Å². The molecule has 0 aliphatic rings. The lowest BCUT2D eigenvalue weighted by Crippen LogP contribution is -2.13. The van der Waals surface area contributed by atoms with E-state index in [2.05, 4.69) is 10.3 Å². The van der Waals surface area contributed by atoms with Crippen LogP contribution in [0.15, 0.2) is 65.2 Å². The number of benzene rings is 2. The Bertz CT molecular complexity index is 1170. The molecule has 0 bridgehead atoms. The Hall–Kier alpha value is -2.82. The van der Waals surface area contributed by atoms with Gasteiger partial charge in [-0.15, -0.1) is 0 Å². The van der Waals surface area contributed by atoms with Crippen LogP contribution in [-0.4, -0.2) is 10.9 Å². The second-order valence-corrected chi connectivity index (χ2v) is 7.51. The maximum absolute atomic E-state index is 12.8. The van der Waals surface area contributed by atoms with Crippen molar-refractivity contribution in [2.24, 2.45) is 0 Å². The summed E-state index contributed by atoms with van der Waals surface area (Å²) in [7, 11) is 0. The van der Waals surface area contributed by atoms with Crippen LogP contribution >= 0.6 is 23.2 Å².